The highest BCUT2D eigenvalue weighted by atomic mass is 32.2. The Balaban J connectivity index is 1.39. The highest BCUT2D eigenvalue weighted by molar-refractivity contribution is 7.92. The standard InChI is InChI=1S/C31H21N3O2S/c35-37(36)29-16-8-6-14-27(29)33(28-15-7-9-17-30(28)37)24-20-18-22(19-21-24)31-32-25-12-4-5-13-26(25)34(31)23-10-2-1-3-11-23/h1-21H. The number of hydrogen-bond donors (Lipinski definition) is 0. The molecular formula is C31H21N3O2S. The van der Waals surface area contributed by atoms with Gasteiger partial charge < -0.3 is 4.90 Å². The molecule has 0 amide bonds. The number of benzene rings is 5. The Kier molecular flexibility index (Phi) is 4.77. The molecule has 0 saturated heterocycles. The van der Waals surface area contributed by atoms with E-state index in [1.165, 1.54) is 0 Å². The number of nitrogens with zero attached hydrogens (tertiary/aromatic N) is 3. The Morgan fingerprint density at radius 2 is 1.11 bits per heavy atom. The van der Waals surface area contributed by atoms with Gasteiger partial charge in [-0.3, -0.25) is 4.57 Å². The Bertz CT molecular complexity index is 1840. The predicted molar refractivity (Wildman–Crippen MR) is 147 cm³/mol. The molecule has 0 radical (unpaired) electrons. The van der Waals surface area contributed by atoms with E-state index in [1.807, 2.05) is 89.8 Å². The molecule has 0 aliphatic carbocycles. The van der Waals surface area contributed by atoms with Gasteiger partial charge in [-0.2, -0.15) is 0 Å². The highest BCUT2D eigenvalue weighted by Gasteiger charge is 2.34. The number of hydrogen-bond acceptors (Lipinski definition) is 4. The fourth-order valence-electron chi connectivity index (χ4n) is 5.08. The van der Waals surface area contributed by atoms with Gasteiger partial charge >= 0.3 is 0 Å². The Hall–Kier alpha value is -4.68. The monoisotopic (exact) mass is 499 g/mol. The van der Waals surface area contributed by atoms with Crippen LogP contribution in [0.2, 0.25) is 0 Å². The minimum absolute atomic E-state index is 0.309. The van der Waals surface area contributed by atoms with Gasteiger partial charge in [0.15, 0.2) is 0 Å². The second-order valence-electron chi connectivity index (χ2n) is 8.92. The van der Waals surface area contributed by atoms with Crippen molar-refractivity contribution in [2.75, 3.05) is 4.90 Å². The quantitative estimate of drug-likeness (QED) is 0.256. The maximum absolute atomic E-state index is 13.3. The molecule has 178 valence electrons. The van der Waals surface area contributed by atoms with Gasteiger partial charge in [-0.15, -0.1) is 0 Å². The van der Waals surface area contributed by atoms with E-state index in [1.54, 1.807) is 24.3 Å². The molecule has 5 aromatic carbocycles. The fraction of sp³-hybridized carbons (Fsp3) is 0. The molecule has 0 unspecified atom stereocenters. The zero-order valence-corrected chi connectivity index (χ0v) is 20.5. The van der Waals surface area contributed by atoms with Crippen LogP contribution in [0.4, 0.5) is 17.1 Å². The fourth-order valence-corrected chi connectivity index (χ4v) is 6.70. The summed E-state index contributed by atoms with van der Waals surface area (Å²) >= 11 is 0. The lowest BCUT2D eigenvalue weighted by molar-refractivity contribution is 0.595. The van der Waals surface area contributed by atoms with Gasteiger partial charge in [-0.25, -0.2) is 13.4 Å². The number of aromatic nitrogens is 2. The van der Waals surface area contributed by atoms with Crippen molar-refractivity contribution in [1.29, 1.82) is 0 Å². The van der Waals surface area contributed by atoms with E-state index < -0.39 is 9.84 Å². The minimum Gasteiger partial charge on any atom is -0.308 e. The molecular weight excluding hydrogens is 478 g/mol. The largest absolute Gasteiger partial charge is 0.308 e. The van der Waals surface area contributed by atoms with Crippen molar-refractivity contribution >= 4 is 37.9 Å². The second-order valence-corrected chi connectivity index (χ2v) is 10.8. The summed E-state index contributed by atoms with van der Waals surface area (Å²) in [4.78, 5) is 7.59. The second kappa shape index (κ2) is 8.18. The van der Waals surface area contributed by atoms with E-state index >= 15 is 0 Å². The molecule has 1 aromatic heterocycles. The average molecular weight is 500 g/mol. The van der Waals surface area contributed by atoms with Crippen LogP contribution in [0.3, 0.4) is 0 Å². The number of imidazole rings is 1. The van der Waals surface area contributed by atoms with Gasteiger partial charge in [-0.1, -0.05) is 54.6 Å². The maximum atomic E-state index is 13.3. The van der Waals surface area contributed by atoms with Crippen LogP contribution in [0.15, 0.2) is 137 Å². The topological polar surface area (TPSA) is 55.2 Å². The highest BCUT2D eigenvalue weighted by Crippen LogP contribution is 2.48. The first kappa shape index (κ1) is 21.6. The molecule has 0 fully saturated rings. The third kappa shape index (κ3) is 3.30. The van der Waals surface area contributed by atoms with E-state index in [0.717, 1.165) is 33.8 Å². The van der Waals surface area contributed by atoms with Crippen LogP contribution in [-0.2, 0) is 9.84 Å². The Morgan fingerprint density at radius 3 is 1.78 bits per heavy atom. The summed E-state index contributed by atoms with van der Waals surface area (Å²) in [6.07, 6.45) is 0. The van der Waals surface area contributed by atoms with Gasteiger partial charge in [0.2, 0.25) is 9.84 Å². The average Bonchev–Trinajstić information content (AvgIpc) is 3.34. The lowest BCUT2D eigenvalue weighted by Crippen LogP contribution is -2.21. The summed E-state index contributed by atoms with van der Waals surface area (Å²) in [5.41, 5.74) is 6.14. The Morgan fingerprint density at radius 1 is 0.541 bits per heavy atom. The maximum Gasteiger partial charge on any atom is 0.210 e. The van der Waals surface area contributed by atoms with Crippen molar-refractivity contribution in [3.63, 3.8) is 0 Å². The van der Waals surface area contributed by atoms with Crippen LogP contribution in [0, 0.1) is 0 Å². The molecule has 5 nitrogen and oxygen atoms in total. The van der Waals surface area contributed by atoms with E-state index in [2.05, 4.69) is 22.8 Å². The predicted octanol–water partition coefficient (Wildman–Crippen LogP) is 7.31. The van der Waals surface area contributed by atoms with Crippen molar-refractivity contribution in [3.8, 4) is 17.1 Å². The van der Waals surface area contributed by atoms with Crippen LogP contribution < -0.4 is 4.90 Å². The van der Waals surface area contributed by atoms with Crippen molar-refractivity contribution in [2.45, 2.75) is 9.79 Å². The molecule has 0 saturated carbocycles. The number of para-hydroxylation sites is 5. The molecule has 2 heterocycles. The number of fused-ring (bicyclic) bond motifs is 3. The molecule has 1 aliphatic rings. The molecule has 6 aromatic rings. The van der Waals surface area contributed by atoms with E-state index in [0.29, 0.717) is 21.2 Å². The van der Waals surface area contributed by atoms with Gasteiger partial charge in [0, 0.05) is 16.9 Å². The van der Waals surface area contributed by atoms with E-state index in [4.69, 9.17) is 4.98 Å². The zero-order valence-electron chi connectivity index (χ0n) is 19.7. The molecule has 6 heteroatoms. The first-order valence-corrected chi connectivity index (χ1v) is 13.5. The molecule has 1 aliphatic heterocycles. The molecule has 0 spiro atoms. The third-order valence-electron chi connectivity index (χ3n) is 6.75. The smallest absolute Gasteiger partial charge is 0.210 e. The normalized spacial score (nSPS) is 13.8. The molecule has 0 atom stereocenters. The summed E-state index contributed by atoms with van der Waals surface area (Å²) in [6.45, 7) is 0. The molecule has 37 heavy (non-hydrogen) atoms. The lowest BCUT2D eigenvalue weighted by Gasteiger charge is -2.33. The minimum atomic E-state index is -3.60. The van der Waals surface area contributed by atoms with Crippen molar-refractivity contribution < 1.29 is 8.42 Å². The lowest BCUT2D eigenvalue weighted by atomic mass is 10.1. The Labute approximate surface area is 214 Å². The van der Waals surface area contributed by atoms with Crippen LogP contribution in [-0.4, -0.2) is 18.0 Å². The van der Waals surface area contributed by atoms with Crippen molar-refractivity contribution in [3.05, 3.63) is 127 Å². The summed E-state index contributed by atoms with van der Waals surface area (Å²) in [5, 5.41) is 0. The molecule has 7 rings (SSSR count). The first-order chi connectivity index (χ1) is 18.1. The summed E-state index contributed by atoms with van der Waals surface area (Å²) in [5.74, 6) is 0.848. The first-order valence-electron chi connectivity index (χ1n) is 12.0. The van der Waals surface area contributed by atoms with Crippen LogP contribution in [0.5, 0.6) is 0 Å². The summed E-state index contributed by atoms with van der Waals surface area (Å²) < 4.78 is 28.8. The van der Waals surface area contributed by atoms with Crippen molar-refractivity contribution in [2.24, 2.45) is 0 Å². The van der Waals surface area contributed by atoms with Crippen LogP contribution in [0.1, 0.15) is 0 Å². The van der Waals surface area contributed by atoms with Gasteiger partial charge in [0.1, 0.15) is 5.82 Å². The van der Waals surface area contributed by atoms with Gasteiger partial charge in [-0.05, 0) is 72.8 Å². The van der Waals surface area contributed by atoms with Gasteiger partial charge in [0.05, 0.1) is 32.2 Å². The molecule has 0 bridgehead atoms. The van der Waals surface area contributed by atoms with E-state index in [-0.39, 0.29) is 0 Å². The number of rotatable bonds is 3. The summed E-state index contributed by atoms with van der Waals surface area (Å²) in [7, 11) is -3.60. The summed E-state index contributed by atoms with van der Waals surface area (Å²) in [6, 6.07) is 40.8. The molecule has 0 N–H and O–H groups in total. The van der Waals surface area contributed by atoms with Crippen LogP contribution >= 0.6 is 0 Å². The number of sulfone groups is 1. The zero-order chi connectivity index (χ0) is 25.0. The van der Waals surface area contributed by atoms with E-state index in [9.17, 15) is 8.42 Å². The SMILES string of the molecule is O=S1(=O)c2ccccc2N(c2ccc(-c3nc4ccccc4n3-c3ccccc3)cc2)c2ccccc21. The number of anilines is 3. The van der Waals surface area contributed by atoms with Crippen LogP contribution in [0.25, 0.3) is 28.1 Å². The third-order valence-corrected chi connectivity index (χ3v) is 8.60. The van der Waals surface area contributed by atoms with Gasteiger partial charge in [0.25, 0.3) is 0 Å². The van der Waals surface area contributed by atoms with Crippen molar-refractivity contribution in [1.82, 2.24) is 9.55 Å².